The van der Waals surface area contributed by atoms with E-state index in [-0.39, 0.29) is 0 Å². The third-order valence-electron chi connectivity index (χ3n) is 3.65. The summed E-state index contributed by atoms with van der Waals surface area (Å²) in [5.41, 5.74) is 0.785. The van der Waals surface area contributed by atoms with E-state index in [0.29, 0.717) is 34.5 Å². The fourth-order valence-electron chi connectivity index (χ4n) is 2.41. The molecule has 3 aromatic rings. The quantitative estimate of drug-likeness (QED) is 0.446. The predicted octanol–water partition coefficient (Wildman–Crippen LogP) is 4.36. The number of hydrogen-bond acceptors (Lipinski definition) is 7. The number of aromatic amines is 1. The van der Waals surface area contributed by atoms with Crippen molar-refractivity contribution < 1.29 is 14.2 Å². The summed E-state index contributed by atoms with van der Waals surface area (Å²) in [5, 5.41) is 13.5. The molecule has 0 saturated heterocycles. The molecule has 9 heteroatoms. The SMILES string of the molecule is CCCOc1c(OC)cc(/C=N\n2c(-c3cccs3)n[nH]c2=S)cc1OC. The summed E-state index contributed by atoms with van der Waals surface area (Å²) in [5.74, 6) is 2.41. The van der Waals surface area contributed by atoms with Crippen LogP contribution in [0.1, 0.15) is 18.9 Å². The molecule has 0 unspecified atom stereocenters. The molecule has 2 heterocycles. The molecule has 0 saturated carbocycles. The maximum atomic E-state index is 5.76. The Labute approximate surface area is 166 Å². The van der Waals surface area contributed by atoms with Crippen molar-refractivity contribution in [3.05, 3.63) is 40.0 Å². The van der Waals surface area contributed by atoms with Crippen molar-refractivity contribution in [3.8, 4) is 28.0 Å². The summed E-state index contributed by atoms with van der Waals surface area (Å²) in [6, 6.07) is 7.60. The smallest absolute Gasteiger partial charge is 0.216 e. The van der Waals surface area contributed by atoms with Gasteiger partial charge in [-0.3, -0.25) is 0 Å². The lowest BCUT2D eigenvalue weighted by Gasteiger charge is -2.14. The average Bonchev–Trinajstić information content (AvgIpc) is 3.34. The Morgan fingerprint density at radius 3 is 2.63 bits per heavy atom. The summed E-state index contributed by atoms with van der Waals surface area (Å²) < 4.78 is 18.7. The van der Waals surface area contributed by atoms with Gasteiger partial charge in [-0.25, -0.2) is 5.10 Å². The van der Waals surface area contributed by atoms with E-state index in [9.17, 15) is 0 Å². The molecule has 7 nitrogen and oxygen atoms in total. The van der Waals surface area contributed by atoms with Gasteiger partial charge in [0, 0.05) is 5.56 Å². The van der Waals surface area contributed by atoms with Crippen LogP contribution < -0.4 is 14.2 Å². The molecule has 0 bridgehead atoms. The average molecular weight is 405 g/mol. The lowest BCUT2D eigenvalue weighted by molar-refractivity contribution is 0.275. The van der Waals surface area contributed by atoms with Crippen LogP contribution in [0.3, 0.4) is 0 Å². The van der Waals surface area contributed by atoms with Crippen LogP contribution in [0.4, 0.5) is 0 Å². The number of thiophene rings is 1. The minimum atomic E-state index is 0.413. The first-order valence-electron chi connectivity index (χ1n) is 8.32. The second-order valence-electron chi connectivity index (χ2n) is 5.49. The number of methoxy groups -OCH3 is 2. The molecular formula is C18H20N4O3S2. The third kappa shape index (κ3) is 4.20. The van der Waals surface area contributed by atoms with Gasteiger partial charge in [0.15, 0.2) is 17.3 Å². The molecule has 0 atom stereocenters. The van der Waals surface area contributed by atoms with Gasteiger partial charge in [-0.2, -0.15) is 14.9 Å². The molecule has 0 spiro atoms. The van der Waals surface area contributed by atoms with Gasteiger partial charge in [0.05, 0.1) is 31.9 Å². The lowest BCUT2D eigenvalue weighted by atomic mass is 10.2. The second kappa shape index (κ2) is 8.83. The van der Waals surface area contributed by atoms with E-state index in [4.69, 9.17) is 26.4 Å². The molecule has 0 aliphatic rings. The Kier molecular flexibility index (Phi) is 6.25. The standard InChI is InChI=1S/C18H20N4O3S2/c1-4-7-25-16-13(23-2)9-12(10-14(16)24-3)11-19-22-17(20-21-18(22)26)15-6-5-8-27-15/h5-6,8-11H,4,7H2,1-3H3,(H,21,26)/b19-11-. The highest BCUT2D eigenvalue weighted by Crippen LogP contribution is 2.38. The van der Waals surface area contributed by atoms with Crippen molar-refractivity contribution in [2.24, 2.45) is 5.10 Å². The van der Waals surface area contributed by atoms with Crippen LogP contribution in [-0.2, 0) is 0 Å². The van der Waals surface area contributed by atoms with Crippen LogP contribution in [0.15, 0.2) is 34.7 Å². The topological polar surface area (TPSA) is 73.7 Å². The molecule has 27 heavy (non-hydrogen) atoms. The third-order valence-corrected chi connectivity index (χ3v) is 4.78. The summed E-state index contributed by atoms with van der Waals surface area (Å²) in [4.78, 5) is 0.970. The van der Waals surface area contributed by atoms with Crippen molar-refractivity contribution in [2.45, 2.75) is 13.3 Å². The first-order valence-corrected chi connectivity index (χ1v) is 9.61. The van der Waals surface area contributed by atoms with Gasteiger partial charge in [-0.05, 0) is 42.2 Å². The molecule has 0 aliphatic heterocycles. The molecule has 0 aliphatic carbocycles. The molecular weight excluding hydrogens is 384 g/mol. The summed E-state index contributed by atoms with van der Waals surface area (Å²) in [6.07, 6.45) is 2.57. The van der Waals surface area contributed by atoms with Crippen LogP contribution in [0.5, 0.6) is 17.2 Å². The maximum Gasteiger partial charge on any atom is 0.216 e. The molecule has 2 aromatic heterocycles. The lowest BCUT2D eigenvalue weighted by Crippen LogP contribution is -2.02. The van der Waals surface area contributed by atoms with Crippen molar-refractivity contribution in [1.29, 1.82) is 0 Å². The van der Waals surface area contributed by atoms with Gasteiger partial charge < -0.3 is 14.2 Å². The number of nitrogens with zero attached hydrogens (tertiary/aromatic N) is 3. The van der Waals surface area contributed by atoms with Crippen LogP contribution in [0.25, 0.3) is 10.7 Å². The number of H-pyrrole nitrogens is 1. The van der Waals surface area contributed by atoms with E-state index in [1.54, 1.807) is 36.4 Å². The first kappa shape index (κ1) is 19.1. The van der Waals surface area contributed by atoms with Gasteiger partial charge in [-0.1, -0.05) is 13.0 Å². The second-order valence-corrected chi connectivity index (χ2v) is 6.82. The van der Waals surface area contributed by atoms with E-state index in [2.05, 4.69) is 15.3 Å². The fraction of sp³-hybridized carbons (Fsp3) is 0.278. The van der Waals surface area contributed by atoms with Gasteiger partial charge in [0.2, 0.25) is 10.5 Å². The maximum absolute atomic E-state index is 5.76. The molecule has 0 fully saturated rings. The Morgan fingerprint density at radius 1 is 1.30 bits per heavy atom. The Balaban J connectivity index is 1.97. The van der Waals surface area contributed by atoms with E-state index < -0.39 is 0 Å². The van der Waals surface area contributed by atoms with Crippen LogP contribution in [0.2, 0.25) is 0 Å². The number of hydrogen-bond donors (Lipinski definition) is 1. The first-order chi connectivity index (χ1) is 13.2. The molecule has 3 rings (SSSR count). The zero-order valence-electron chi connectivity index (χ0n) is 15.3. The number of aromatic nitrogens is 3. The van der Waals surface area contributed by atoms with Gasteiger partial charge in [-0.15, -0.1) is 11.3 Å². The molecule has 0 radical (unpaired) electrons. The van der Waals surface area contributed by atoms with Crippen LogP contribution >= 0.6 is 23.6 Å². The summed E-state index contributed by atoms with van der Waals surface area (Å²) in [7, 11) is 3.19. The fourth-order valence-corrected chi connectivity index (χ4v) is 3.29. The molecule has 0 amide bonds. The Hall–Kier alpha value is -2.65. The van der Waals surface area contributed by atoms with E-state index in [1.807, 2.05) is 36.6 Å². The van der Waals surface area contributed by atoms with Gasteiger partial charge >= 0.3 is 0 Å². The van der Waals surface area contributed by atoms with Gasteiger partial charge in [0.25, 0.3) is 0 Å². The van der Waals surface area contributed by atoms with Crippen molar-refractivity contribution >= 4 is 29.8 Å². The van der Waals surface area contributed by atoms with Crippen molar-refractivity contribution in [3.63, 3.8) is 0 Å². The van der Waals surface area contributed by atoms with Crippen molar-refractivity contribution in [1.82, 2.24) is 14.9 Å². The minimum Gasteiger partial charge on any atom is -0.493 e. The van der Waals surface area contributed by atoms with E-state index >= 15 is 0 Å². The normalized spacial score (nSPS) is 11.1. The highest BCUT2D eigenvalue weighted by molar-refractivity contribution is 7.71. The predicted molar refractivity (Wildman–Crippen MR) is 109 cm³/mol. The molecule has 142 valence electrons. The van der Waals surface area contributed by atoms with E-state index in [1.165, 1.54) is 0 Å². The summed E-state index contributed by atoms with van der Waals surface area (Å²) >= 11 is 6.86. The summed E-state index contributed by atoms with van der Waals surface area (Å²) in [6.45, 7) is 2.62. The van der Waals surface area contributed by atoms with Gasteiger partial charge in [0.1, 0.15) is 0 Å². The van der Waals surface area contributed by atoms with E-state index in [0.717, 1.165) is 16.9 Å². The Morgan fingerprint density at radius 2 is 2.04 bits per heavy atom. The number of nitrogens with one attached hydrogen (secondary N) is 1. The molecule has 1 N–H and O–H groups in total. The monoisotopic (exact) mass is 404 g/mol. The van der Waals surface area contributed by atoms with Crippen molar-refractivity contribution in [2.75, 3.05) is 20.8 Å². The zero-order valence-corrected chi connectivity index (χ0v) is 16.9. The number of rotatable bonds is 8. The zero-order chi connectivity index (χ0) is 19.2. The minimum absolute atomic E-state index is 0.413. The number of benzene rings is 1. The largest absolute Gasteiger partial charge is 0.493 e. The molecule has 1 aromatic carbocycles. The van der Waals surface area contributed by atoms with Crippen LogP contribution in [-0.4, -0.2) is 41.9 Å². The van der Waals surface area contributed by atoms with Crippen LogP contribution in [0, 0.1) is 4.77 Å². The highest BCUT2D eigenvalue weighted by Gasteiger charge is 2.14. The highest BCUT2D eigenvalue weighted by atomic mass is 32.1. The Bertz CT molecular complexity index is 952. The number of ether oxygens (including phenoxy) is 3.